The van der Waals surface area contributed by atoms with E-state index in [-0.39, 0.29) is 17.6 Å². The first kappa shape index (κ1) is 19.5. The molecule has 6 heteroatoms. The standard InChI is InChI=1S/C25H26N4O2/c1-17-21-8-4-3-7-19(21)15-26-22(17)16-28-23-9-5-6-10-24(23)29(25(28)31)20-11-13-27(14-12-20)18(2)30/h3-10,15,20H,11-14,16H2,1-2H3. The second-order valence-corrected chi connectivity index (χ2v) is 8.38. The van der Waals surface area contributed by atoms with Gasteiger partial charge in [-0.3, -0.25) is 18.9 Å². The highest BCUT2D eigenvalue weighted by atomic mass is 16.2. The zero-order chi connectivity index (χ0) is 21.5. The number of amides is 1. The molecule has 6 nitrogen and oxygen atoms in total. The van der Waals surface area contributed by atoms with Crippen LogP contribution in [0.1, 0.15) is 37.1 Å². The van der Waals surface area contributed by atoms with Gasteiger partial charge in [0.15, 0.2) is 0 Å². The number of pyridine rings is 1. The van der Waals surface area contributed by atoms with Gasteiger partial charge in [0.25, 0.3) is 0 Å². The van der Waals surface area contributed by atoms with Crippen molar-refractivity contribution < 1.29 is 4.79 Å². The van der Waals surface area contributed by atoms with Gasteiger partial charge in [0.05, 0.1) is 23.3 Å². The molecule has 0 aliphatic carbocycles. The monoisotopic (exact) mass is 414 g/mol. The first-order valence-corrected chi connectivity index (χ1v) is 10.8. The summed E-state index contributed by atoms with van der Waals surface area (Å²) < 4.78 is 3.78. The summed E-state index contributed by atoms with van der Waals surface area (Å²) in [5.41, 5.74) is 3.90. The van der Waals surface area contributed by atoms with Crippen molar-refractivity contribution in [3.8, 4) is 0 Å². The number of para-hydroxylation sites is 2. The Bertz CT molecular complexity index is 1340. The summed E-state index contributed by atoms with van der Waals surface area (Å²) >= 11 is 0. The summed E-state index contributed by atoms with van der Waals surface area (Å²) in [4.78, 5) is 31.9. The fourth-order valence-corrected chi connectivity index (χ4v) is 4.84. The van der Waals surface area contributed by atoms with E-state index in [4.69, 9.17) is 0 Å². The molecule has 1 amide bonds. The van der Waals surface area contributed by atoms with Crippen LogP contribution >= 0.6 is 0 Å². The summed E-state index contributed by atoms with van der Waals surface area (Å²) in [6.45, 7) is 5.51. The molecule has 1 fully saturated rings. The van der Waals surface area contributed by atoms with Crippen LogP contribution < -0.4 is 5.69 Å². The maximum absolute atomic E-state index is 13.6. The lowest BCUT2D eigenvalue weighted by molar-refractivity contribution is -0.130. The third-order valence-electron chi connectivity index (χ3n) is 6.61. The number of imidazole rings is 1. The molecule has 0 bridgehead atoms. The largest absolute Gasteiger partial charge is 0.343 e. The van der Waals surface area contributed by atoms with E-state index in [1.165, 1.54) is 5.39 Å². The van der Waals surface area contributed by atoms with Crippen molar-refractivity contribution in [1.29, 1.82) is 0 Å². The number of aryl methyl sites for hydroxylation is 1. The Morgan fingerprint density at radius 2 is 1.71 bits per heavy atom. The predicted octanol–water partition coefficient (Wildman–Crippen LogP) is 3.89. The van der Waals surface area contributed by atoms with E-state index < -0.39 is 0 Å². The Morgan fingerprint density at radius 3 is 2.45 bits per heavy atom. The summed E-state index contributed by atoms with van der Waals surface area (Å²) in [6, 6.07) is 16.3. The maximum Gasteiger partial charge on any atom is 0.329 e. The first-order chi connectivity index (χ1) is 15.0. The van der Waals surface area contributed by atoms with Crippen LogP contribution in [-0.2, 0) is 11.3 Å². The SMILES string of the molecule is CC(=O)N1CCC(n2c(=O)n(Cc3ncc4ccccc4c3C)c3ccccc32)CC1. The molecule has 2 aromatic carbocycles. The highest BCUT2D eigenvalue weighted by Gasteiger charge is 2.26. The van der Waals surface area contributed by atoms with Crippen molar-refractivity contribution in [2.75, 3.05) is 13.1 Å². The lowest BCUT2D eigenvalue weighted by atomic mass is 10.0. The minimum absolute atomic E-state index is 0.00293. The summed E-state index contributed by atoms with van der Waals surface area (Å²) in [5.74, 6) is 0.103. The Hall–Kier alpha value is -3.41. The minimum Gasteiger partial charge on any atom is -0.343 e. The fraction of sp³-hybridized carbons (Fsp3) is 0.320. The topological polar surface area (TPSA) is 60.1 Å². The second-order valence-electron chi connectivity index (χ2n) is 8.38. The van der Waals surface area contributed by atoms with Crippen LogP contribution in [0.5, 0.6) is 0 Å². The van der Waals surface area contributed by atoms with Gasteiger partial charge in [-0.1, -0.05) is 36.4 Å². The third kappa shape index (κ3) is 3.32. The molecule has 158 valence electrons. The Balaban J connectivity index is 1.57. The molecule has 1 aliphatic heterocycles. The van der Waals surface area contributed by atoms with Gasteiger partial charge in [-0.15, -0.1) is 0 Å². The molecule has 4 aromatic rings. The molecule has 3 heterocycles. The number of likely N-dealkylation sites (tertiary alicyclic amines) is 1. The number of carbonyl (C=O) groups is 1. The van der Waals surface area contributed by atoms with E-state index in [0.717, 1.165) is 40.5 Å². The zero-order valence-electron chi connectivity index (χ0n) is 17.9. The number of rotatable bonds is 3. The Kier molecular flexibility index (Phi) is 4.85. The minimum atomic E-state index is -0.00293. The first-order valence-electron chi connectivity index (χ1n) is 10.8. The van der Waals surface area contributed by atoms with Crippen LogP contribution in [0.4, 0.5) is 0 Å². The number of carbonyl (C=O) groups excluding carboxylic acids is 1. The van der Waals surface area contributed by atoms with Crippen molar-refractivity contribution in [2.45, 2.75) is 39.3 Å². The van der Waals surface area contributed by atoms with E-state index in [0.29, 0.717) is 19.6 Å². The van der Waals surface area contributed by atoms with Gasteiger partial charge in [-0.05, 0) is 42.8 Å². The van der Waals surface area contributed by atoms with Crippen molar-refractivity contribution >= 4 is 27.7 Å². The van der Waals surface area contributed by atoms with Gasteiger partial charge < -0.3 is 4.90 Å². The lowest BCUT2D eigenvalue weighted by Crippen LogP contribution is -2.40. The van der Waals surface area contributed by atoms with Crippen molar-refractivity contribution in [2.24, 2.45) is 0 Å². The van der Waals surface area contributed by atoms with Gasteiger partial charge in [-0.2, -0.15) is 0 Å². The molecular weight excluding hydrogens is 388 g/mol. The molecule has 2 aromatic heterocycles. The van der Waals surface area contributed by atoms with Crippen LogP contribution in [0.25, 0.3) is 21.8 Å². The Morgan fingerprint density at radius 1 is 1.03 bits per heavy atom. The van der Waals surface area contributed by atoms with Crippen LogP contribution in [0.15, 0.2) is 59.5 Å². The van der Waals surface area contributed by atoms with E-state index in [2.05, 4.69) is 24.0 Å². The molecule has 1 saturated heterocycles. The maximum atomic E-state index is 13.6. The second kappa shape index (κ2) is 7.69. The van der Waals surface area contributed by atoms with Crippen LogP contribution in [0.2, 0.25) is 0 Å². The molecule has 0 spiro atoms. The summed E-state index contributed by atoms with van der Waals surface area (Å²) in [5, 5.41) is 2.27. The van der Waals surface area contributed by atoms with E-state index in [9.17, 15) is 9.59 Å². The number of hydrogen-bond donors (Lipinski definition) is 0. The molecule has 0 N–H and O–H groups in total. The van der Waals surface area contributed by atoms with Crippen molar-refractivity contribution in [1.82, 2.24) is 19.0 Å². The zero-order valence-corrected chi connectivity index (χ0v) is 17.9. The quantitative estimate of drug-likeness (QED) is 0.511. The van der Waals surface area contributed by atoms with Crippen LogP contribution in [-0.4, -0.2) is 38.0 Å². The van der Waals surface area contributed by atoms with Crippen LogP contribution in [0.3, 0.4) is 0 Å². The van der Waals surface area contributed by atoms with Crippen LogP contribution in [0, 0.1) is 6.92 Å². The molecule has 0 radical (unpaired) electrons. The summed E-state index contributed by atoms with van der Waals surface area (Å²) in [6.07, 6.45) is 3.47. The molecular formula is C25H26N4O2. The highest BCUT2D eigenvalue weighted by molar-refractivity contribution is 5.85. The molecule has 31 heavy (non-hydrogen) atoms. The average Bonchev–Trinajstić information content (AvgIpc) is 3.07. The third-order valence-corrected chi connectivity index (χ3v) is 6.61. The van der Waals surface area contributed by atoms with Gasteiger partial charge in [0.1, 0.15) is 0 Å². The number of hydrogen-bond acceptors (Lipinski definition) is 3. The number of fused-ring (bicyclic) bond motifs is 2. The molecule has 1 aliphatic rings. The Labute approximate surface area is 180 Å². The molecule has 0 saturated carbocycles. The normalized spacial score (nSPS) is 15.1. The van der Waals surface area contributed by atoms with Gasteiger partial charge in [0, 0.05) is 37.6 Å². The highest BCUT2D eigenvalue weighted by Crippen LogP contribution is 2.27. The number of piperidine rings is 1. The van der Waals surface area contributed by atoms with E-state index >= 15 is 0 Å². The molecule has 0 unspecified atom stereocenters. The molecule has 5 rings (SSSR count). The van der Waals surface area contributed by atoms with Gasteiger partial charge in [0.2, 0.25) is 5.91 Å². The van der Waals surface area contributed by atoms with E-state index in [1.807, 2.05) is 56.6 Å². The smallest absolute Gasteiger partial charge is 0.329 e. The number of aromatic nitrogens is 3. The van der Waals surface area contributed by atoms with Gasteiger partial charge in [-0.25, -0.2) is 4.79 Å². The van der Waals surface area contributed by atoms with Crippen molar-refractivity contribution in [3.05, 3.63) is 76.5 Å². The fourth-order valence-electron chi connectivity index (χ4n) is 4.84. The number of benzene rings is 2. The van der Waals surface area contributed by atoms with E-state index in [1.54, 1.807) is 6.92 Å². The average molecular weight is 415 g/mol. The molecule has 0 atom stereocenters. The van der Waals surface area contributed by atoms with Crippen molar-refractivity contribution in [3.63, 3.8) is 0 Å². The van der Waals surface area contributed by atoms with Gasteiger partial charge >= 0.3 is 5.69 Å². The predicted molar refractivity (Wildman–Crippen MR) is 122 cm³/mol. The number of nitrogens with zero attached hydrogens (tertiary/aromatic N) is 4. The lowest BCUT2D eigenvalue weighted by Gasteiger charge is -2.31. The summed E-state index contributed by atoms with van der Waals surface area (Å²) in [7, 11) is 0.